The van der Waals surface area contributed by atoms with E-state index in [0.717, 1.165) is 41.4 Å². The summed E-state index contributed by atoms with van der Waals surface area (Å²) < 4.78 is 6.08. The Morgan fingerprint density at radius 1 is 0.542 bits per heavy atom. The van der Waals surface area contributed by atoms with Crippen molar-refractivity contribution in [2.45, 2.75) is 103 Å². The predicted octanol–water partition coefficient (Wildman–Crippen LogP) is 6.21. The SMILES string of the molecule is CC1CCC(C2CCC3CC(C4CCC5CC4O5)CCC3C2)CC1. The lowest BCUT2D eigenvalue weighted by atomic mass is 9.58. The maximum atomic E-state index is 6.08. The van der Waals surface area contributed by atoms with E-state index < -0.39 is 0 Å². The molecular formula is C23H38O. The fraction of sp³-hybridized carbons (Fsp3) is 1.00. The minimum atomic E-state index is 0.663. The number of ether oxygens (including phenoxy) is 1. The quantitative estimate of drug-likeness (QED) is 0.584. The highest BCUT2D eigenvalue weighted by Crippen LogP contribution is 2.53. The van der Waals surface area contributed by atoms with Gasteiger partial charge in [0.2, 0.25) is 0 Å². The summed E-state index contributed by atoms with van der Waals surface area (Å²) in [6, 6.07) is 0. The van der Waals surface area contributed by atoms with E-state index >= 15 is 0 Å². The molecule has 7 unspecified atom stereocenters. The number of rotatable bonds is 2. The Labute approximate surface area is 149 Å². The Hall–Kier alpha value is -0.0400. The first kappa shape index (κ1) is 16.2. The van der Waals surface area contributed by atoms with Gasteiger partial charge in [0.25, 0.3) is 0 Å². The second kappa shape index (κ2) is 6.60. The van der Waals surface area contributed by atoms with Crippen LogP contribution in [0.5, 0.6) is 0 Å². The van der Waals surface area contributed by atoms with Crippen LogP contribution in [0.2, 0.25) is 0 Å². The standard InChI is InChI=1S/C23H38O/c1-15-2-4-16(5-3-15)17-6-7-19-13-20(9-8-18(19)12-17)22-11-10-21-14-23(22)24-21/h15-23H,2-14H2,1H3. The minimum Gasteiger partial charge on any atom is -0.374 e. The largest absolute Gasteiger partial charge is 0.374 e. The van der Waals surface area contributed by atoms with Crippen molar-refractivity contribution < 1.29 is 4.74 Å². The average molecular weight is 331 g/mol. The van der Waals surface area contributed by atoms with E-state index in [1.54, 1.807) is 44.9 Å². The monoisotopic (exact) mass is 330 g/mol. The molecular weight excluding hydrogens is 292 g/mol. The van der Waals surface area contributed by atoms with Crippen molar-refractivity contribution in [3.05, 3.63) is 0 Å². The van der Waals surface area contributed by atoms with Crippen molar-refractivity contribution in [3.63, 3.8) is 0 Å². The van der Waals surface area contributed by atoms with Gasteiger partial charge >= 0.3 is 0 Å². The molecule has 1 heteroatoms. The van der Waals surface area contributed by atoms with Gasteiger partial charge in [0.1, 0.15) is 0 Å². The van der Waals surface area contributed by atoms with Crippen LogP contribution in [-0.4, -0.2) is 12.2 Å². The third-order valence-electron chi connectivity index (χ3n) is 9.19. The Kier molecular flexibility index (Phi) is 4.44. The highest BCUT2D eigenvalue weighted by Gasteiger charge is 2.47. The van der Waals surface area contributed by atoms with E-state index in [9.17, 15) is 0 Å². The molecule has 0 aromatic carbocycles. The molecule has 24 heavy (non-hydrogen) atoms. The summed E-state index contributed by atoms with van der Waals surface area (Å²) in [5.41, 5.74) is 0. The molecule has 0 amide bonds. The molecule has 1 nitrogen and oxygen atoms in total. The van der Waals surface area contributed by atoms with Gasteiger partial charge in [0.15, 0.2) is 0 Å². The summed E-state index contributed by atoms with van der Waals surface area (Å²) >= 11 is 0. The smallest absolute Gasteiger partial charge is 0.0634 e. The predicted molar refractivity (Wildman–Crippen MR) is 98.8 cm³/mol. The fourth-order valence-corrected chi connectivity index (χ4v) is 7.60. The van der Waals surface area contributed by atoms with E-state index in [4.69, 9.17) is 4.74 Å². The van der Waals surface area contributed by atoms with Gasteiger partial charge < -0.3 is 4.74 Å². The number of hydrogen-bond donors (Lipinski definition) is 0. The lowest BCUT2D eigenvalue weighted by Crippen LogP contribution is -2.51. The second-order valence-corrected chi connectivity index (χ2v) is 10.5. The lowest BCUT2D eigenvalue weighted by Gasteiger charge is -2.52. The molecule has 4 saturated carbocycles. The molecule has 0 radical (unpaired) electrons. The molecule has 7 atom stereocenters. The summed E-state index contributed by atoms with van der Waals surface area (Å²) in [6.45, 7) is 2.47. The van der Waals surface area contributed by atoms with Crippen LogP contribution in [0.25, 0.3) is 0 Å². The molecule has 136 valence electrons. The van der Waals surface area contributed by atoms with Crippen molar-refractivity contribution in [1.82, 2.24) is 0 Å². The van der Waals surface area contributed by atoms with E-state index in [0.29, 0.717) is 12.2 Å². The van der Waals surface area contributed by atoms with E-state index in [1.165, 1.54) is 38.5 Å². The van der Waals surface area contributed by atoms with Crippen molar-refractivity contribution in [2.75, 3.05) is 0 Å². The van der Waals surface area contributed by atoms with Gasteiger partial charge in [-0.3, -0.25) is 0 Å². The normalized spacial score (nSPS) is 54.6. The van der Waals surface area contributed by atoms with Crippen molar-refractivity contribution in [2.24, 2.45) is 41.4 Å². The zero-order valence-electron chi connectivity index (χ0n) is 15.8. The van der Waals surface area contributed by atoms with Crippen LogP contribution in [0.1, 0.15) is 90.4 Å². The zero-order valence-corrected chi connectivity index (χ0v) is 15.8. The maximum absolute atomic E-state index is 6.08. The molecule has 0 N–H and O–H groups in total. The van der Waals surface area contributed by atoms with Gasteiger partial charge in [-0.2, -0.15) is 0 Å². The van der Waals surface area contributed by atoms with E-state index in [1.807, 2.05) is 0 Å². The Morgan fingerprint density at radius 3 is 1.71 bits per heavy atom. The molecule has 4 aliphatic carbocycles. The highest BCUT2D eigenvalue weighted by molar-refractivity contribution is 4.96. The zero-order chi connectivity index (χ0) is 16.1. The molecule has 6 rings (SSSR count). The summed E-state index contributed by atoms with van der Waals surface area (Å²) in [5, 5.41) is 0. The molecule has 2 aliphatic heterocycles. The first-order valence-corrected chi connectivity index (χ1v) is 11.4. The highest BCUT2D eigenvalue weighted by atomic mass is 16.5. The third kappa shape index (κ3) is 2.97. The molecule has 0 aromatic heterocycles. The van der Waals surface area contributed by atoms with E-state index in [-0.39, 0.29) is 0 Å². The molecule has 6 aliphatic rings. The van der Waals surface area contributed by atoms with Crippen molar-refractivity contribution >= 4 is 0 Å². The van der Waals surface area contributed by atoms with Gasteiger partial charge in [-0.25, -0.2) is 0 Å². The lowest BCUT2D eigenvalue weighted by molar-refractivity contribution is -0.200. The molecule has 2 saturated heterocycles. The van der Waals surface area contributed by atoms with Gasteiger partial charge in [-0.15, -0.1) is 0 Å². The summed E-state index contributed by atoms with van der Waals surface area (Å²) in [4.78, 5) is 0. The first-order chi connectivity index (χ1) is 11.8. The number of fused-ring (bicyclic) bond motifs is 3. The third-order valence-corrected chi connectivity index (χ3v) is 9.19. The molecule has 0 aromatic rings. The minimum absolute atomic E-state index is 0.663. The Balaban J connectivity index is 1.16. The molecule has 2 bridgehead atoms. The summed E-state index contributed by atoms with van der Waals surface area (Å²) in [6.07, 6.45) is 21.1. The molecule has 6 fully saturated rings. The van der Waals surface area contributed by atoms with E-state index in [2.05, 4.69) is 6.92 Å². The number of hydrogen-bond acceptors (Lipinski definition) is 1. The van der Waals surface area contributed by atoms with Gasteiger partial charge in [0.05, 0.1) is 12.2 Å². The maximum Gasteiger partial charge on any atom is 0.0634 e. The van der Waals surface area contributed by atoms with Gasteiger partial charge in [-0.05, 0) is 106 Å². The average Bonchev–Trinajstić information content (AvgIpc) is 2.61. The van der Waals surface area contributed by atoms with Crippen LogP contribution in [0.15, 0.2) is 0 Å². The first-order valence-electron chi connectivity index (χ1n) is 11.4. The van der Waals surface area contributed by atoms with Crippen molar-refractivity contribution in [1.29, 1.82) is 0 Å². The Bertz CT molecular complexity index is 429. The van der Waals surface area contributed by atoms with Gasteiger partial charge in [-0.1, -0.05) is 19.8 Å². The van der Waals surface area contributed by atoms with Crippen LogP contribution in [0, 0.1) is 41.4 Å². The van der Waals surface area contributed by atoms with Crippen LogP contribution in [0.3, 0.4) is 0 Å². The van der Waals surface area contributed by atoms with Crippen LogP contribution >= 0.6 is 0 Å². The van der Waals surface area contributed by atoms with Gasteiger partial charge in [0, 0.05) is 6.42 Å². The fourth-order valence-electron chi connectivity index (χ4n) is 7.60. The molecule has 2 heterocycles. The summed E-state index contributed by atoms with van der Waals surface area (Å²) in [5.74, 6) is 7.34. The topological polar surface area (TPSA) is 9.23 Å². The van der Waals surface area contributed by atoms with Crippen LogP contribution in [-0.2, 0) is 4.74 Å². The summed E-state index contributed by atoms with van der Waals surface area (Å²) in [7, 11) is 0. The van der Waals surface area contributed by atoms with Crippen LogP contribution < -0.4 is 0 Å². The second-order valence-electron chi connectivity index (χ2n) is 10.5. The van der Waals surface area contributed by atoms with Crippen molar-refractivity contribution in [3.8, 4) is 0 Å². The molecule has 0 spiro atoms. The van der Waals surface area contributed by atoms with Crippen LogP contribution in [0.4, 0.5) is 0 Å². The Morgan fingerprint density at radius 2 is 1.08 bits per heavy atom.